The Morgan fingerprint density at radius 1 is 1.25 bits per heavy atom. The molecule has 1 unspecified atom stereocenters. The van der Waals surface area contributed by atoms with E-state index in [9.17, 15) is 14.4 Å². The Kier molecular flexibility index (Phi) is 4.02. The highest BCUT2D eigenvalue weighted by Gasteiger charge is 2.41. The number of ether oxygens (including phenoxy) is 1. The molecule has 1 aliphatic heterocycles. The minimum absolute atomic E-state index is 0.0161. The molecule has 1 aromatic rings. The van der Waals surface area contributed by atoms with Crippen molar-refractivity contribution in [2.75, 3.05) is 20.6 Å². The van der Waals surface area contributed by atoms with Crippen LogP contribution < -0.4 is 0 Å². The number of carbonyl (C=O) groups is 3. The Morgan fingerprint density at radius 2 is 1.90 bits per heavy atom. The Bertz CT molecular complexity index is 529. The van der Waals surface area contributed by atoms with Gasteiger partial charge >= 0.3 is 5.97 Å². The molecule has 0 N–H and O–H groups in total. The third-order valence-corrected chi connectivity index (χ3v) is 3.21. The van der Waals surface area contributed by atoms with Gasteiger partial charge < -0.3 is 14.5 Å². The average molecular weight is 276 g/mol. The first-order valence-electron chi connectivity index (χ1n) is 6.22. The van der Waals surface area contributed by atoms with Gasteiger partial charge in [0, 0.05) is 14.1 Å². The number of carbonyl (C=O) groups excluding carboxylic acids is 3. The van der Waals surface area contributed by atoms with Crippen LogP contribution in [0, 0.1) is 0 Å². The van der Waals surface area contributed by atoms with Gasteiger partial charge in [0.15, 0.2) is 0 Å². The summed E-state index contributed by atoms with van der Waals surface area (Å²) < 4.78 is 5.12. The number of benzene rings is 1. The Balaban J connectivity index is 2.03. The molecule has 1 saturated heterocycles. The molecule has 1 aliphatic rings. The van der Waals surface area contributed by atoms with Crippen molar-refractivity contribution in [2.45, 2.75) is 12.6 Å². The van der Waals surface area contributed by atoms with Crippen LogP contribution in [0.3, 0.4) is 0 Å². The molecule has 1 heterocycles. The Labute approximate surface area is 116 Å². The van der Waals surface area contributed by atoms with Crippen molar-refractivity contribution in [3.05, 3.63) is 35.9 Å². The number of esters is 1. The summed E-state index contributed by atoms with van der Waals surface area (Å²) in [6, 6.07) is 7.96. The number of amides is 2. The highest BCUT2D eigenvalue weighted by atomic mass is 16.5. The lowest BCUT2D eigenvalue weighted by molar-refractivity contribution is -0.167. The molecule has 0 aromatic heterocycles. The Morgan fingerprint density at radius 3 is 2.55 bits per heavy atom. The van der Waals surface area contributed by atoms with Crippen molar-refractivity contribution in [3.63, 3.8) is 0 Å². The van der Waals surface area contributed by atoms with Crippen molar-refractivity contribution in [1.82, 2.24) is 9.80 Å². The van der Waals surface area contributed by atoms with Crippen molar-refractivity contribution in [2.24, 2.45) is 0 Å². The summed E-state index contributed by atoms with van der Waals surface area (Å²) in [5, 5.41) is 0. The monoisotopic (exact) mass is 276 g/mol. The second-order valence-corrected chi connectivity index (χ2v) is 4.69. The highest BCUT2D eigenvalue weighted by molar-refractivity contribution is 6.07. The van der Waals surface area contributed by atoms with E-state index in [0.717, 1.165) is 10.5 Å². The second kappa shape index (κ2) is 5.73. The fraction of sp³-hybridized carbons (Fsp3) is 0.357. The van der Waals surface area contributed by atoms with Gasteiger partial charge in [0.25, 0.3) is 5.91 Å². The molecular weight excluding hydrogens is 260 g/mol. The van der Waals surface area contributed by atoms with Crippen LogP contribution in [-0.4, -0.2) is 54.3 Å². The smallest absolute Gasteiger partial charge is 0.339 e. The molecule has 0 bridgehead atoms. The van der Waals surface area contributed by atoms with Crippen molar-refractivity contribution in [3.8, 4) is 0 Å². The van der Waals surface area contributed by atoms with E-state index >= 15 is 0 Å². The van der Waals surface area contributed by atoms with Gasteiger partial charge in [-0.25, -0.2) is 4.79 Å². The number of hydrogen-bond acceptors (Lipinski definition) is 4. The van der Waals surface area contributed by atoms with Crippen LogP contribution in [0.25, 0.3) is 0 Å². The zero-order chi connectivity index (χ0) is 14.7. The molecule has 20 heavy (non-hydrogen) atoms. The third kappa shape index (κ3) is 2.79. The summed E-state index contributed by atoms with van der Waals surface area (Å²) in [6.07, 6.45) is 0. The third-order valence-electron chi connectivity index (χ3n) is 3.21. The molecule has 6 heteroatoms. The molecular formula is C14H16N2O4. The molecule has 106 valence electrons. The van der Waals surface area contributed by atoms with E-state index in [4.69, 9.17) is 4.74 Å². The first-order chi connectivity index (χ1) is 9.50. The zero-order valence-electron chi connectivity index (χ0n) is 11.4. The largest absolute Gasteiger partial charge is 0.459 e. The maximum absolute atomic E-state index is 12.0. The van der Waals surface area contributed by atoms with E-state index in [-0.39, 0.29) is 19.1 Å². The fourth-order valence-electron chi connectivity index (χ4n) is 1.98. The van der Waals surface area contributed by atoms with E-state index < -0.39 is 17.9 Å². The summed E-state index contributed by atoms with van der Waals surface area (Å²) in [5.41, 5.74) is 0.825. The first kappa shape index (κ1) is 14.0. The lowest BCUT2D eigenvalue weighted by Crippen LogP contribution is -2.60. The number of piperazine rings is 1. The molecule has 0 radical (unpaired) electrons. The maximum Gasteiger partial charge on any atom is 0.339 e. The summed E-state index contributed by atoms with van der Waals surface area (Å²) in [7, 11) is 2.92. The number of rotatable bonds is 3. The predicted octanol–water partition coefficient (Wildman–Crippen LogP) is 0.0288. The van der Waals surface area contributed by atoms with E-state index in [1.165, 1.54) is 19.0 Å². The summed E-state index contributed by atoms with van der Waals surface area (Å²) in [4.78, 5) is 38.0. The molecule has 2 amide bonds. The van der Waals surface area contributed by atoms with Gasteiger partial charge in [0.1, 0.15) is 6.61 Å². The van der Waals surface area contributed by atoms with Crippen LogP contribution in [0.1, 0.15) is 5.56 Å². The van der Waals surface area contributed by atoms with Crippen LogP contribution in [-0.2, 0) is 25.7 Å². The number of nitrogens with zero attached hydrogens (tertiary/aromatic N) is 2. The van der Waals surface area contributed by atoms with E-state index in [0.29, 0.717) is 0 Å². The molecule has 1 atom stereocenters. The van der Waals surface area contributed by atoms with E-state index in [1.807, 2.05) is 30.3 Å². The molecule has 0 saturated carbocycles. The van der Waals surface area contributed by atoms with Gasteiger partial charge in [-0.3, -0.25) is 9.59 Å². The molecule has 0 spiro atoms. The zero-order valence-corrected chi connectivity index (χ0v) is 11.4. The lowest BCUT2D eigenvalue weighted by atomic mass is 10.1. The van der Waals surface area contributed by atoms with E-state index in [1.54, 1.807) is 0 Å². The average Bonchev–Trinajstić information content (AvgIpc) is 2.44. The van der Waals surface area contributed by atoms with Gasteiger partial charge in [0.2, 0.25) is 11.9 Å². The minimum Gasteiger partial charge on any atom is -0.459 e. The van der Waals surface area contributed by atoms with Crippen LogP contribution in [0.15, 0.2) is 30.3 Å². The van der Waals surface area contributed by atoms with Crippen LogP contribution in [0.2, 0.25) is 0 Å². The molecule has 1 aromatic carbocycles. The van der Waals surface area contributed by atoms with Crippen LogP contribution in [0.5, 0.6) is 0 Å². The topological polar surface area (TPSA) is 66.9 Å². The quantitative estimate of drug-likeness (QED) is 0.577. The Hall–Kier alpha value is -2.37. The van der Waals surface area contributed by atoms with Gasteiger partial charge in [0.05, 0.1) is 6.54 Å². The van der Waals surface area contributed by atoms with Crippen molar-refractivity contribution >= 4 is 17.8 Å². The predicted molar refractivity (Wildman–Crippen MR) is 70.4 cm³/mol. The van der Waals surface area contributed by atoms with Gasteiger partial charge in [-0.1, -0.05) is 30.3 Å². The van der Waals surface area contributed by atoms with E-state index in [2.05, 4.69) is 0 Å². The van der Waals surface area contributed by atoms with Crippen LogP contribution in [0.4, 0.5) is 0 Å². The van der Waals surface area contributed by atoms with Gasteiger partial charge in [-0.2, -0.15) is 0 Å². The summed E-state index contributed by atoms with van der Waals surface area (Å²) in [5.74, 6) is -1.42. The fourth-order valence-corrected chi connectivity index (χ4v) is 1.98. The van der Waals surface area contributed by atoms with Crippen LogP contribution >= 0.6 is 0 Å². The van der Waals surface area contributed by atoms with Gasteiger partial charge in [-0.15, -0.1) is 0 Å². The summed E-state index contributed by atoms with van der Waals surface area (Å²) in [6.45, 7) is 0.0625. The molecule has 2 rings (SSSR count). The second-order valence-electron chi connectivity index (χ2n) is 4.69. The molecule has 6 nitrogen and oxygen atoms in total. The minimum atomic E-state index is -1.19. The first-order valence-corrected chi connectivity index (χ1v) is 6.22. The van der Waals surface area contributed by atoms with Gasteiger partial charge in [-0.05, 0) is 5.56 Å². The SMILES string of the molecule is CN1CC(=O)N(C)C(C(=O)OCc2ccccc2)C1=O. The van der Waals surface area contributed by atoms with Crippen molar-refractivity contribution in [1.29, 1.82) is 0 Å². The number of likely N-dealkylation sites (N-methyl/N-ethyl adjacent to an activating group) is 2. The maximum atomic E-state index is 12.0. The molecule has 0 aliphatic carbocycles. The number of hydrogen-bond donors (Lipinski definition) is 0. The molecule has 1 fully saturated rings. The lowest BCUT2D eigenvalue weighted by Gasteiger charge is -2.34. The standard InChI is InChI=1S/C14H16N2O4/c1-15-8-11(17)16(2)12(13(15)18)14(19)20-9-10-6-4-3-5-7-10/h3-7,12H,8-9H2,1-2H3. The normalized spacial score (nSPS) is 19.2. The summed E-state index contributed by atoms with van der Waals surface area (Å²) >= 11 is 0. The highest BCUT2D eigenvalue weighted by Crippen LogP contribution is 2.12. The van der Waals surface area contributed by atoms with Crippen molar-refractivity contribution < 1.29 is 19.1 Å².